The third-order valence-electron chi connectivity index (χ3n) is 4.79. The molecule has 160 valence electrons. The van der Waals surface area contributed by atoms with E-state index in [1.165, 1.54) is 6.26 Å². The number of methoxy groups -OCH3 is 3. The van der Waals surface area contributed by atoms with E-state index in [1.54, 1.807) is 21.3 Å². The molecule has 29 heavy (non-hydrogen) atoms. The van der Waals surface area contributed by atoms with E-state index in [-0.39, 0.29) is 17.6 Å². The van der Waals surface area contributed by atoms with Crippen LogP contribution >= 0.6 is 0 Å². The lowest BCUT2D eigenvalue weighted by molar-refractivity contribution is 0.0932. The van der Waals surface area contributed by atoms with E-state index in [1.807, 2.05) is 18.2 Å². The van der Waals surface area contributed by atoms with Crippen molar-refractivity contribution in [1.29, 1.82) is 0 Å². The zero-order valence-electron chi connectivity index (χ0n) is 17.9. The first-order chi connectivity index (χ1) is 14.0. The Balaban J connectivity index is 2.14. The number of nitrogens with one attached hydrogen (secondary N) is 1. The molecule has 0 saturated carbocycles. The predicted octanol–water partition coefficient (Wildman–Crippen LogP) is 2.87. The van der Waals surface area contributed by atoms with E-state index < -0.39 is 0 Å². The van der Waals surface area contributed by atoms with Gasteiger partial charge in [-0.05, 0) is 19.4 Å². The van der Waals surface area contributed by atoms with Crippen LogP contribution in [0.2, 0.25) is 0 Å². The minimum Gasteiger partial charge on any atom is -0.493 e. The number of para-hydroxylation sites is 1. The molecule has 1 heterocycles. The van der Waals surface area contributed by atoms with E-state index in [2.05, 4.69) is 29.0 Å². The maximum atomic E-state index is 12.1. The van der Waals surface area contributed by atoms with Crippen LogP contribution in [0, 0.1) is 0 Å². The van der Waals surface area contributed by atoms with Crippen LogP contribution in [0.15, 0.2) is 28.9 Å². The quantitative estimate of drug-likeness (QED) is 0.543. The van der Waals surface area contributed by atoms with Gasteiger partial charge in [0.15, 0.2) is 17.2 Å². The van der Waals surface area contributed by atoms with Crippen molar-refractivity contribution < 1.29 is 23.4 Å². The number of rotatable bonds is 12. The molecule has 0 bridgehead atoms. The summed E-state index contributed by atoms with van der Waals surface area (Å²) in [5, 5.41) is 2.74. The molecular weight excluding hydrogens is 374 g/mol. The lowest BCUT2D eigenvalue weighted by Crippen LogP contribution is -2.32. The molecule has 2 aromatic rings. The Morgan fingerprint density at radius 1 is 1.24 bits per heavy atom. The van der Waals surface area contributed by atoms with Crippen LogP contribution < -0.4 is 14.8 Å². The summed E-state index contributed by atoms with van der Waals surface area (Å²) in [6.07, 6.45) is 2.34. The van der Waals surface area contributed by atoms with Gasteiger partial charge in [-0.25, -0.2) is 4.98 Å². The first-order valence-corrected chi connectivity index (χ1v) is 9.69. The molecule has 1 unspecified atom stereocenters. The van der Waals surface area contributed by atoms with Gasteiger partial charge in [0, 0.05) is 31.8 Å². The molecule has 0 saturated heterocycles. The summed E-state index contributed by atoms with van der Waals surface area (Å²) in [7, 11) is 4.85. The van der Waals surface area contributed by atoms with E-state index in [0.717, 1.165) is 12.0 Å². The highest BCUT2D eigenvalue weighted by molar-refractivity contribution is 5.91. The number of carbonyl (C=O) groups is 1. The van der Waals surface area contributed by atoms with Crippen molar-refractivity contribution >= 4 is 5.91 Å². The zero-order valence-corrected chi connectivity index (χ0v) is 17.9. The number of hydrogen-bond acceptors (Lipinski definition) is 7. The number of benzene rings is 1. The normalized spacial score (nSPS) is 12.1. The molecule has 0 radical (unpaired) electrons. The number of aromatic nitrogens is 1. The second kappa shape index (κ2) is 11.4. The molecule has 1 N–H and O–H groups in total. The fraction of sp³-hybridized carbons (Fsp3) is 0.524. The highest BCUT2D eigenvalue weighted by Gasteiger charge is 2.20. The van der Waals surface area contributed by atoms with Gasteiger partial charge < -0.3 is 23.9 Å². The van der Waals surface area contributed by atoms with Crippen molar-refractivity contribution in [1.82, 2.24) is 15.2 Å². The Bertz CT molecular complexity index is 777. The number of nitrogens with zero attached hydrogens (tertiary/aromatic N) is 2. The molecule has 0 aliphatic carbocycles. The van der Waals surface area contributed by atoms with Crippen molar-refractivity contribution in [3.8, 4) is 11.5 Å². The third kappa shape index (κ3) is 6.20. The summed E-state index contributed by atoms with van der Waals surface area (Å²) in [6.45, 7) is 6.25. The van der Waals surface area contributed by atoms with Crippen molar-refractivity contribution in [2.24, 2.45) is 0 Å². The first-order valence-electron chi connectivity index (χ1n) is 9.69. The molecule has 0 aliphatic rings. The highest BCUT2D eigenvalue weighted by Crippen LogP contribution is 2.32. The smallest absolute Gasteiger partial charge is 0.273 e. The van der Waals surface area contributed by atoms with Crippen LogP contribution in [-0.2, 0) is 17.8 Å². The molecule has 0 spiro atoms. The van der Waals surface area contributed by atoms with Crippen molar-refractivity contribution in [2.45, 2.75) is 39.4 Å². The summed E-state index contributed by atoms with van der Waals surface area (Å²) in [4.78, 5) is 18.7. The van der Waals surface area contributed by atoms with Crippen LogP contribution in [0.5, 0.6) is 11.5 Å². The molecule has 2 rings (SSSR count). The lowest BCUT2D eigenvalue weighted by atomic mass is 10.1. The number of carbonyl (C=O) groups excluding carboxylic acids is 1. The number of hydrogen-bond donors (Lipinski definition) is 1. The molecule has 1 aromatic heterocycles. The Hall–Kier alpha value is -2.58. The standard InChI is InChI=1S/C21H31N3O5/c1-6-15(2)24(12-16-8-7-9-18(27-4)20(16)28-5)13-19-23-17(14-29-19)21(25)22-10-11-26-3/h7-9,14-15H,6,10-13H2,1-5H3,(H,22,25). The highest BCUT2D eigenvalue weighted by atomic mass is 16.5. The minimum absolute atomic E-state index is 0.263. The van der Waals surface area contributed by atoms with Gasteiger partial charge in [-0.1, -0.05) is 19.1 Å². The summed E-state index contributed by atoms with van der Waals surface area (Å²) in [5.41, 5.74) is 1.27. The SMILES string of the molecule is CCC(C)N(Cc1nc(C(=O)NCCOC)co1)Cc1cccc(OC)c1OC. The molecule has 1 amide bonds. The van der Waals surface area contributed by atoms with Crippen LogP contribution in [0.25, 0.3) is 0 Å². The Labute approximate surface area is 172 Å². The molecule has 1 atom stereocenters. The summed E-state index contributed by atoms with van der Waals surface area (Å²) >= 11 is 0. The maximum absolute atomic E-state index is 12.1. The van der Waals surface area contributed by atoms with Gasteiger partial charge in [0.25, 0.3) is 5.91 Å². The topological polar surface area (TPSA) is 86.1 Å². The fourth-order valence-electron chi connectivity index (χ4n) is 2.94. The zero-order chi connectivity index (χ0) is 21.2. The van der Waals surface area contributed by atoms with Crippen molar-refractivity contribution in [3.63, 3.8) is 0 Å². The average molecular weight is 405 g/mol. The van der Waals surface area contributed by atoms with Crippen molar-refractivity contribution in [2.75, 3.05) is 34.5 Å². The van der Waals surface area contributed by atoms with Gasteiger partial charge in [0.2, 0.25) is 5.89 Å². The molecular formula is C21H31N3O5. The third-order valence-corrected chi connectivity index (χ3v) is 4.79. The van der Waals surface area contributed by atoms with Gasteiger partial charge in [-0.3, -0.25) is 9.69 Å². The van der Waals surface area contributed by atoms with Crippen LogP contribution in [0.4, 0.5) is 0 Å². The molecule has 0 fully saturated rings. The first kappa shape index (κ1) is 22.7. The molecule has 1 aromatic carbocycles. The molecule has 8 nitrogen and oxygen atoms in total. The fourth-order valence-corrected chi connectivity index (χ4v) is 2.94. The largest absolute Gasteiger partial charge is 0.493 e. The van der Waals surface area contributed by atoms with Crippen LogP contribution in [-0.4, -0.2) is 56.3 Å². The second-order valence-electron chi connectivity index (χ2n) is 6.69. The number of amides is 1. The average Bonchev–Trinajstić information content (AvgIpc) is 3.21. The van der Waals surface area contributed by atoms with Crippen LogP contribution in [0.3, 0.4) is 0 Å². The van der Waals surface area contributed by atoms with Gasteiger partial charge in [0.1, 0.15) is 6.26 Å². The van der Waals surface area contributed by atoms with E-state index in [4.69, 9.17) is 18.6 Å². The predicted molar refractivity (Wildman–Crippen MR) is 109 cm³/mol. The number of ether oxygens (including phenoxy) is 3. The Kier molecular flexibility index (Phi) is 8.95. The Morgan fingerprint density at radius 2 is 2.03 bits per heavy atom. The van der Waals surface area contributed by atoms with E-state index >= 15 is 0 Å². The maximum Gasteiger partial charge on any atom is 0.273 e. The number of oxazole rings is 1. The van der Waals surface area contributed by atoms with E-state index in [0.29, 0.717) is 43.6 Å². The summed E-state index contributed by atoms with van der Waals surface area (Å²) < 4.78 is 21.5. The summed E-state index contributed by atoms with van der Waals surface area (Å²) in [5.74, 6) is 1.62. The van der Waals surface area contributed by atoms with E-state index in [9.17, 15) is 4.79 Å². The summed E-state index contributed by atoms with van der Waals surface area (Å²) in [6, 6.07) is 6.11. The van der Waals surface area contributed by atoms with Crippen molar-refractivity contribution in [3.05, 3.63) is 41.6 Å². The van der Waals surface area contributed by atoms with Gasteiger partial charge >= 0.3 is 0 Å². The monoisotopic (exact) mass is 405 g/mol. The Morgan fingerprint density at radius 3 is 2.69 bits per heavy atom. The molecule has 8 heteroatoms. The molecule has 0 aliphatic heterocycles. The van der Waals surface area contributed by atoms with Crippen LogP contribution in [0.1, 0.15) is 42.2 Å². The van der Waals surface area contributed by atoms with Gasteiger partial charge in [0.05, 0.1) is 27.4 Å². The van der Waals surface area contributed by atoms with Gasteiger partial charge in [-0.15, -0.1) is 0 Å². The van der Waals surface area contributed by atoms with Gasteiger partial charge in [-0.2, -0.15) is 0 Å². The minimum atomic E-state index is -0.276. The second-order valence-corrected chi connectivity index (χ2v) is 6.69. The lowest BCUT2D eigenvalue weighted by Gasteiger charge is -2.28.